The van der Waals surface area contributed by atoms with E-state index >= 15 is 0 Å². The highest BCUT2D eigenvalue weighted by molar-refractivity contribution is 9.10. The van der Waals surface area contributed by atoms with Crippen LogP contribution >= 0.6 is 15.9 Å². The summed E-state index contributed by atoms with van der Waals surface area (Å²) in [6.45, 7) is 7.06. The van der Waals surface area contributed by atoms with Gasteiger partial charge in [-0.15, -0.1) is 0 Å². The predicted molar refractivity (Wildman–Crippen MR) is 85.7 cm³/mol. The van der Waals surface area contributed by atoms with Crippen LogP contribution in [0.2, 0.25) is 0 Å². The van der Waals surface area contributed by atoms with Crippen LogP contribution in [-0.4, -0.2) is 11.7 Å². The van der Waals surface area contributed by atoms with Gasteiger partial charge in [-0.3, -0.25) is 0 Å². The summed E-state index contributed by atoms with van der Waals surface area (Å²) in [4.78, 5) is 0. The molecule has 1 aromatic carbocycles. The van der Waals surface area contributed by atoms with Crippen LogP contribution < -0.4 is 5.32 Å². The summed E-state index contributed by atoms with van der Waals surface area (Å²) in [5.74, 6) is 1.39. The fourth-order valence-electron chi connectivity index (χ4n) is 1.85. The van der Waals surface area contributed by atoms with E-state index in [0.717, 1.165) is 34.6 Å². The van der Waals surface area contributed by atoms with Gasteiger partial charge in [-0.05, 0) is 30.2 Å². The zero-order valence-electron chi connectivity index (χ0n) is 12.4. The van der Waals surface area contributed by atoms with Gasteiger partial charge in [-0.1, -0.05) is 47.1 Å². The number of rotatable bonds is 8. The van der Waals surface area contributed by atoms with E-state index in [1.54, 1.807) is 0 Å². The average molecular weight is 353 g/mol. The lowest BCUT2D eigenvalue weighted by Gasteiger charge is -2.04. The van der Waals surface area contributed by atoms with Gasteiger partial charge in [0.25, 0.3) is 0 Å². The van der Waals surface area contributed by atoms with Crippen molar-refractivity contribution in [1.29, 1.82) is 0 Å². The van der Waals surface area contributed by atoms with Crippen LogP contribution in [0, 0.1) is 5.92 Å². The Hall–Kier alpha value is -1.17. The van der Waals surface area contributed by atoms with Crippen LogP contribution in [0.15, 0.2) is 39.3 Å². The molecular weight excluding hydrogens is 332 g/mol. The second kappa shape index (κ2) is 8.32. The number of nitrogens with zero attached hydrogens (tertiary/aromatic N) is 1. The van der Waals surface area contributed by atoms with Crippen LogP contribution in [-0.2, 0) is 24.5 Å². The largest absolute Gasteiger partial charge is 0.369 e. The maximum Gasteiger partial charge on any atom is 0.162 e. The first-order valence-corrected chi connectivity index (χ1v) is 7.90. The molecular formula is C16H21BrN2O2. The molecule has 0 aliphatic carbocycles. The van der Waals surface area contributed by atoms with E-state index in [0.29, 0.717) is 19.1 Å². The first kappa shape index (κ1) is 16.2. The van der Waals surface area contributed by atoms with Crippen LogP contribution in [0.5, 0.6) is 0 Å². The van der Waals surface area contributed by atoms with Gasteiger partial charge in [0.1, 0.15) is 6.61 Å². The van der Waals surface area contributed by atoms with Gasteiger partial charge < -0.3 is 14.6 Å². The molecule has 0 bridgehead atoms. The normalized spacial score (nSPS) is 11.2. The first-order valence-electron chi connectivity index (χ1n) is 7.11. The Balaban J connectivity index is 1.71. The molecule has 0 unspecified atom stereocenters. The molecule has 114 valence electrons. The van der Waals surface area contributed by atoms with Gasteiger partial charge >= 0.3 is 0 Å². The Morgan fingerprint density at radius 3 is 2.71 bits per heavy atom. The standard InChI is InChI=1S/C16H21BrN2O2/c1-12(2)8-18-9-15-7-16(21-19-15)11-20-10-13-3-5-14(17)6-4-13/h3-7,12,18H,8-11H2,1-2H3. The van der Waals surface area contributed by atoms with E-state index in [4.69, 9.17) is 9.26 Å². The minimum atomic E-state index is 0.438. The third kappa shape index (κ3) is 5.99. The smallest absolute Gasteiger partial charge is 0.162 e. The third-order valence-corrected chi connectivity index (χ3v) is 3.42. The van der Waals surface area contributed by atoms with Crippen LogP contribution in [0.25, 0.3) is 0 Å². The van der Waals surface area contributed by atoms with E-state index in [2.05, 4.69) is 40.3 Å². The maximum atomic E-state index is 5.63. The highest BCUT2D eigenvalue weighted by Crippen LogP contribution is 2.12. The van der Waals surface area contributed by atoms with Gasteiger partial charge in [0.15, 0.2) is 5.76 Å². The second-order valence-electron chi connectivity index (χ2n) is 5.43. The van der Waals surface area contributed by atoms with Crippen molar-refractivity contribution < 1.29 is 9.26 Å². The van der Waals surface area contributed by atoms with Gasteiger partial charge in [-0.25, -0.2) is 0 Å². The molecule has 0 atom stereocenters. The minimum Gasteiger partial charge on any atom is -0.369 e. The molecule has 2 rings (SSSR count). The van der Waals surface area contributed by atoms with Gasteiger partial charge in [-0.2, -0.15) is 0 Å². The van der Waals surface area contributed by atoms with Gasteiger partial charge in [0, 0.05) is 17.1 Å². The van der Waals surface area contributed by atoms with Crippen molar-refractivity contribution in [2.75, 3.05) is 6.54 Å². The number of hydrogen-bond acceptors (Lipinski definition) is 4. The molecule has 0 radical (unpaired) electrons. The maximum absolute atomic E-state index is 5.63. The Morgan fingerprint density at radius 1 is 1.24 bits per heavy atom. The molecule has 0 saturated carbocycles. The Labute approximate surface area is 134 Å². The predicted octanol–water partition coefficient (Wildman–Crippen LogP) is 3.90. The molecule has 0 amide bonds. The topological polar surface area (TPSA) is 47.3 Å². The molecule has 1 aromatic heterocycles. The summed E-state index contributed by atoms with van der Waals surface area (Å²) < 4.78 is 12.0. The van der Waals surface area contributed by atoms with E-state index in [-0.39, 0.29) is 0 Å². The monoisotopic (exact) mass is 352 g/mol. The van der Waals surface area contributed by atoms with E-state index in [1.165, 1.54) is 0 Å². The summed E-state index contributed by atoms with van der Waals surface area (Å²) in [6, 6.07) is 10.0. The van der Waals surface area contributed by atoms with Crippen molar-refractivity contribution in [3.05, 3.63) is 51.8 Å². The summed E-state index contributed by atoms with van der Waals surface area (Å²) in [7, 11) is 0. The molecule has 0 fully saturated rings. The number of ether oxygens (including phenoxy) is 1. The molecule has 1 N–H and O–H groups in total. The lowest BCUT2D eigenvalue weighted by molar-refractivity contribution is 0.0883. The van der Waals surface area contributed by atoms with Crippen LogP contribution in [0.3, 0.4) is 0 Å². The molecule has 5 heteroatoms. The summed E-state index contributed by atoms with van der Waals surface area (Å²) >= 11 is 3.41. The van der Waals surface area contributed by atoms with Crippen molar-refractivity contribution in [2.45, 2.75) is 33.6 Å². The minimum absolute atomic E-state index is 0.438. The third-order valence-electron chi connectivity index (χ3n) is 2.89. The lowest BCUT2D eigenvalue weighted by Crippen LogP contribution is -2.19. The number of aromatic nitrogens is 1. The fraction of sp³-hybridized carbons (Fsp3) is 0.438. The highest BCUT2D eigenvalue weighted by atomic mass is 79.9. The van der Waals surface area contributed by atoms with Crippen molar-refractivity contribution in [3.63, 3.8) is 0 Å². The SMILES string of the molecule is CC(C)CNCc1cc(COCc2ccc(Br)cc2)on1. The first-order chi connectivity index (χ1) is 10.1. The van der Waals surface area contributed by atoms with Gasteiger partial charge in [0.2, 0.25) is 0 Å². The lowest BCUT2D eigenvalue weighted by atomic mass is 10.2. The zero-order valence-corrected chi connectivity index (χ0v) is 14.0. The highest BCUT2D eigenvalue weighted by Gasteiger charge is 2.05. The molecule has 4 nitrogen and oxygen atoms in total. The summed E-state index contributed by atoms with van der Waals surface area (Å²) in [5, 5.41) is 7.36. The van der Waals surface area contributed by atoms with Crippen LogP contribution in [0.1, 0.15) is 30.9 Å². The fourth-order valence-corrected chi connectivity index (χ4v) is 2.11. The number of benzene rings is 1. The Kier molecular flexibility index (Phi) is 6.42. The van der Waals surface area contributed by atoms with E-state index in [9.17, 15) is 0 Å². The van der Waals surface area contributed by atoms with Crippen molar-refractivity contribution in [1.82, 2.24) is 10.5 Å². The van der Waals surface area contributed by atoms with Crippen molar-refractivity contribution in [3.8, 4) is 0 Å². The Morgan fingerprint density at radius 2 is 2.00 bits per heavy atom. The molecule has 0 spiro atoms. The van der Waals surface area contributed by atoms with Gasteiger partial charge in [0.05, 0.1) is 12.3 Å². The molecule has 2 aromatic rings. The average Bonchev–Trinajstić information content (AvgIpc) is 2.88. The molecule has 1 heterocycles. The zero-order chi connectivity index (χ0) is 15.1. The van der Waals surface area contributed by atoms with E-state index < -0.39 is 0 Å². The molecule has 0 aliphatic heterocycles. The summed E-state index contributed by atoms with van der Waals surface area (Å²) in [6.07, 6.45) is 0. The molecule has 21 heavy (non-hydrogen) atoms. The van der Waals surface area contributed by atoms with Crippen molar-refractivity contribution >= 4 is 15.9 Å². The second-order valence-corrected chi connectivity index (χ2v) is 6.34. The molecule has 0 saturated heterocycles. The number of nitrogens with one attached hydrogen (secondary N) is 1. The summed E-state index contributed by atoms with van der Waals surface area (Å²) in [5.41, 5.74) is 2.05. The quantitative estimate of drug-likeness (QED) is 0.782. The number of halogens is 1. The van der Waals surface area contributed by atoms with Crippen molar-refractivity contribution in [2.24, 2.45) is 5.92 Å². The number of hydrogen-bond donors (Lipinski definition) is 1. The molecule has 0 aliphatic rings. The van der Waals surface area contributed by atoms with E-state index in [1.807, 2.05) is 30.3 Å². The Bertz CT molecular complexity index is 537. The van der Waals surface area contributed by atoms with Crippen LogP contribution in [0.4, 0.5) is 0 Å².